The van der Waals surface area contributed by atoms with Crippen molar-refractivity contribution in [2.45, 2.75) is 6.54 Å². The van der Waals surface area contributed by atoms with Crippen LogP contribution in [0.5, 0.6) is 0 Å². The Morgan fingerprint density at radius 3 is 2.41 bits per heavy atom. The second-order valence-electron chi connectivity index (χ2n) is 6.29. The standard InChI is InChI=1S/C22H20N2O5/c1-24(14-16-8-3-2-4-9-16)20(25)15-29-22(27)17-10-5-6-11-18(17)23-21(26)19-12-7-13-28-19/h2-13H,14-15H2,1H3,(H,23,26). The Kier molecular flexibility index (Phi) is 6.42. The summed E-state index contributed by atoms with van der Waals surface area (Å²) in [5.74, 6) is -1.42. The lowest BCUT2D eigenvalue weighted by Gasteiger charge is -2.17. The van der Waals surface area contributed by atoms with E-state index < -0.39 is 18.5 Å². The van der Waals surface area contributed by atoms with E-state index in [9.17, 15) is 14.4 Å². The van der Waals surface area contributed by atoms with Crippen LogP contribution in [0.2, 0.25) is 0 Å². The smallest absolute Gasteiger partial charge is 0.340 e. The number of hydrogen-bond acceptors (Lipinski definition) is 5. The molecule has 0 aliphatic carbocycles. The van der Waals surface area contributed by atoms with Crippen LogP contribution in [0.15, 0.2) is 77.4 Å². The summed E-state index contributed by atoms with van der Waals surface area (Å²) in [6.45, 7) is 0.00957. The number of rotatable bonds is 7. The van der Waals surface area contributed by atoms with Crippen molar-refractivity contribution < 1.29 is 23.5 Å². The molecular formula is C22H20N2O5. The van der Waals surface area contributed by atoms with E-state index in [1.807, 2.05) is 30.3 Å². The van der Waals surface area contributed by atoms with Gasteiger partial charge in [0.25, 0.3) is 11.8 Å². The molecule has 148 valence electrons. The summed E-state index contributed by atoms with van der Waals surface area (Å²) < 4.78 is 10.2. The Hall–Kier alpha value is -3.87. The Labute approximate surface area is 167 Å². The third-order valence-corrected chi connectivity index (χ3v) is 4.16. The highest BCUT2D eigenvalue weighted by Crippen LogP contribution is 2.18. The van der Waals surface area contributed by atoms with Crippen molar-refractivity contribution in [3.63, 3.8) is 0 Å². The maximum Gasteiger partial charge on any atom is 0.340 e. The molecule has 1 aromatic heterocycles. The van der Waals surface area contributed by atoms with E-state index in [0.29, 0.717) is 6.54 Å². The molecule has 0 unspecified atom stereocenters. The van der Waals surface area contributed by atoms with Gasteiger partial charge in [0, 0.05) is 13.6 Å². The molecule has 2 amide bonds. The van der Waals surface area contributed by atoms with Crippen LogP contribution in [0.25, 0.3) is 0 Å². The summed E-state index contributed by atoms with van der Waals surface area (Å²) in [6.07, 6.45) is 1.38. The van der Waals surface area contributed by atoms with Gasteiger partial charge in [0.05, 0.1) is 17.5 Å². The van der Waals surface area contributed by atoms with Gasteiger partial charge in [-0.05, 0) is 29.8 Å². The minimum Gasteiger partial charge on any atom is -0.459 e. The van der Waals surface area contributed by atoms with Crippen LogP contribution in [0.4, 0.5) is 5.69 Å². The first kappa shape index (κ1) is 19.9. The summed E-state index contributed by atoms with van der Waals surface area (Å²) in [6, 6.07) is 19.0. The largest absolute Gasteiger partial charge is 0.459 e. The molecule has 0 bridgehead atoms. The molecule has 0 saturated heterocycles. The number of likely N-dealkylation sites (N-methyl/N-ethyl adjacent to an activating group) is 1. The summed E-state index contributed by atoms with van der Waals surface area (Å²) in [4.78, 5) is 38.4. The van der Waals surface area contributed by atoms with Gasteiger partial charge in [0.15, 0.2) is 12.4 Å². The van der Waals surface area contributed by atoms with Gasteiger partial charge in [-0.15, -0.1) is 0 Å². The number of amides is 2. The van der Waals surface area contributed by atoms with Gasteiger partial charge in [0.2, 0.25) is 0 Å². The Balaban J connectivity index is 1.59. The second kappa shape index (κ2) is 9.36. The molecule has 0 aliphatic heterocycles. The number of carbonyl (C=O) groups excluding carboxylic acids is 3. The summed E-state index contributed by atoms with van der Waals surface area (Å²) in [7, 11) is 1.64. The first-order valence-electron chi connectivity index (χ1n) is 8.93. The first-order chi connectivity index (χ1) is 14.0. The highest BCUT2D eigenvalue weighted by Gasteiger charge is 2.18. The van der Waals surface area contributed by atoms with Gasteiger partial charge in [-0.25, -0.2) is 4.79 Å². The average Bonchev–Trinajstić information content (AvgIpc) is 3.28. The molecule has 3 rings (SSSR count). The topological polar surface area (TPSA) is 88.9 Å². The number of para-hydroxylation sites is 1. The van der Waals surface area contributed by atoms with Crippen molar-refractivity contribution in [3.05, 3.63) is 89.9 Å². The van der Waals surface area contributed by atoms with Crippen molar-refractivity contribution in [1.29, 1.82) is 0 Å². The molecule has 0 atom stereocenters. The van der Waals surface area contributed by atoms with E-state index in [4.69, 9.17) is 9.15 Å². The molecule has 3 aromatic rings. The van der Waals surface area contributed by atoms with Crippen LogP contribution in [0, 0.1) is 0 Å². The van der Waals surface area contributed by atoms with E-state index in [1.165, 1.54) is 23.3 Å². The Morgan fingerprint density at radius 2 is 1.69 bits per heavy atom. The summed E-state index contributed by atoms with van der Waals surface area (Å²) in [5, 5.41) is 2.61. The maximum absolute atomic E-state index is 12.5. The van der Waals surface area contributed by atoms with Crippen LogP contribution in [0.3, 0.4) is 0 Å². The predicted molar refractivity (Wildman–Crippen MR) is 106 cm³/mol. The van der Waals surface area contributed by atoms with E-state index in [0.717, 1.165) is 5.56 Å². The number of nitrogens with zero attached hydrogens (tertiary/aromatic N) is 1. The van der Waals surface area contributed by atoms with Gasteiger partial charge in [-0.3, -0.25) is 9.59 Å². The van der Waals surface area contributed by atoms with Crippen LogP contribution in [-0.2, 0) is 16.1 Å². The van der Waals surface area contributed by atoms with Gasteiger partial charge in [0.1, 0.15) is 0 Å². The fraction of sp³-hybridized carbons (Fsp3) is 0.136. The maximum atomic E-state index is 12.5. The average molecular weight is 392 g/mol. The predicted octanol–water partition coefficient (Wildman–Crippen LogP) is 3.35. The Morgan fingerprint density at radius 1 is 0.966 bits per heavy atom. The van der Waals surface area contributed by atoms with Crippen molar-refractivity contribution in [2.24, 2.45) is 0 Å². The molecule has 2 aromatic carbocycles. The number of benzene rings is 2. The molecule has 29 heavy (non-hydrogen) atoms. The lowest BCUT2D eigenvalue weighted by molar-refractivity contribution is -0.133. The molecule has 0 saturated carbocycles. The normalized spacial score (nSPS) is 10.2. The van der Waals surface area contributed by atoms with Crippen molar-refractivity contribution in [1.82, 2.24) is 4.90 Å². The van der Waals surface area contributed by atoms with Crippen LogP contribution < -0.4 is 5.32 Å². The lowest BCUT2D eigenvalue weighted by Crippen LogP contribution is -2.31. The minimum absolute atomic E-state index is 0.117. The molecule has 0 spiro atoms. The minimum atomic E-state index is -0.707. The highest BCUT2D eigenvalue weighted by atomic mass is 16.5. The van der Waals surface area contributed by atoms with Crippen molar-refractivity contribution in [3.8, 4) is 0 Å². The number of nitrogens with one attached hydrogen (secondary N) is 1. The fourth-order valence-electron chi connectivity index (χ4n) is 2.62. The summed E-state index contributed by atoms with van der Waals surface area (Å²) >= 11 is 0. The second-order valence-corrected chi connectivity index (χ2v) is 6.29. The van der Waals surface area contributed by atoms with E-state index in [2.05, 4.69) is 5.32 Å². The first-order valence-corrected chi connectivity index (χ1v) is 8.93. The number of ether oxygens (including phenoxy) is 1. The molecule has 0 aliphatic rings. The van der Waals surface area contributed by atoms with Crippen LogP contribution in [-0.4, -0.2) is 36.3 Å². The lowest BCUT2D eigenvalue weighted by atomic mass is 10.1. The van der Waals surface area contributed by atoms with E-state index >= 15 is 0 Å². The van der Waals surface area contributed by atoms with E-state index in [-0.39, 0.29) is 22.9 Å². The van der Waals surface area contributed by atoms with Crippen LogP contribution >= 0.6 is 0 Å². The van der Waals surface area contributed by atoms with Crippen molar-refractivity contribution in [2.75, 3.05) is 19.0 Å². The van der Waals surface area contributed by atoms with Crippen LogP contribution in [0.1, 0.15) is 26.5 Å². The number of anilines is 1. The number of furan rings is 1. The quantitative estimate of drug-likeness (QED) is 0.623. The van der Waals surface area contributed by atoms with Crippen molar-refractivity contribution >= 4 is 23.5 Å². The molecule has 0 radical (unpaired) electrons. The van der Waals surface area contributed by atoms with Gasteiger partial charge in [-0.2, -0.15) is 0 Å². The zero-order valence-corrected chi connectivity index (χ0v) is 15.8. The van der Waals surface area contributed by atoms with E-state index in [1.54, 1.807) is 31.3 Å². The number of carbonyl (C=O) groups is 3. The monoisotopic (exact) mass is 392 g/mol. The molecular weight excluding hydrogens is 372 g/mol. The fourth-order valence-corrected chi connectivity index (χ4v) is 2.62. The SMILES string of the molecule is CN(Cc1ccccc1)C(=O)COC(=O)c1ccccc1NC(=O)c1ccco1. The molecule has 0 fully saturated rings. The summed E-state index contributed by atoms with van der Waals surface area (Å²) in [5.41, 5.74) is 1.38. The zero-order valence-electron chi connectivity index (χ0n) is 15.8. The molecule has 1 heterocycles. The number of esters is 1. The van der Waals surface area contributed by atoms with Gasteiger partial charge in [-0.1, -0.05) is 42.5 Å². The third kappa shape index (κ3) is 5.32. The highest BCUT2D eigenvalue weighted by molar-refractivity contribution is 6.06. The third-order valence-electron chi connectivity index (χ3n) is 4.16. The van der Waals surface area contributed by atoms with Gasteiger partial charge < -0.3 is 19.4 Å². The molecule has 7 heteroatoms. The molecule has 7 nitrogen and oxygen atoms in total. The zero-order chi connectivity index (χ0) is 20.6. The van der Waals surface area contributed by atoms with Gasteiger partial charge >= 0.3 is 5.97 Å². The number of hydrogen-bond donors (Lipinski definition) is 1. The Bertz CT molecular complexity index is 983. The molecule has 1 N–H and O–H groups in total.